The Balaban J connectivity index is 1.77. The van der Waals surface area contributed by atoms with Crippen LogP contribution in [0.1, 0.15) is 12.0 Å². The molecule has 6 nitrogen and oxygen atoms in total. The Hall–Kier alpha value is -3.04. The van der Waals surface area contributed by atoms with Crippen LogP contribution in [0.15, 0.2) is 53.6 Å². The molecule has 1 aliphatic heterocycles. The Bertz CT molecular complexity index is 857. The van der Waals surface area contributed by atoms with Gasteiger partial charge in [-0.1, -0.05) is 23.7 Å². The first-order valence-electron chi connectivity index (χ1n) is 8.04. The molecule has 1 unspecified atom stereocenters. The molecule has 26 heavy (non-hydrogen) atoms. The summed E-state index contributed by atoms with van der Waals surface area (Å²) in [4.78, 5) is 12.5. The van der Waals surface area contributed by atoms with Crippen molar-refractivity contribution < 1.29 is 9.53 Å². The number of anilines is 1. The fourth-order valence-electron chi connectivity index (χ4n) is 2.72. The molecule has 132 valence electrons. The summed E-state index contributed by atoms with van der Waals surface area (Å²) in [5, 5.41) is 18.3. The fraction of sp³-hybridized carbons (Fsp3) is 0.211. The van der Waals surface area contributed by atoms with Gasteiger partial charge in [0.1, 0.15) is 5.75 Å². The van der Waals surface area contributed by atoms with E-state index in [0.717, 1.165) is 5.56 Å². The number of hydrazone groups is 1. The summed E-state index contributed by atoms with van der Waals surface area (Å²) in [6.07, 6.45) is 0.285. The van der Waals surface area contributed by atoms with Gasteiger partial charge in [0.25, 0.3) is 0 Å². The van der Waals surface area contributed by atoms with E-state index in [1.165, 1.54) is 5.01 Å². The molecular weight excluding hydrogens is 352 g/mol. The van der Waals surface area contributed by atoms with Crippen molar-refractivity contribution in [3.05, 3.63) is 59.1 Å². The van der Waals surface area contributed by atoms with E-state index in [4.69, 9.17) is 21.6 Å². The predicted octanol–water partition coefficient (Wildman–Crippen LogP) is 4.13. The minimum absolute atomic E-state index is 0.136. The fourth-order valence-corrected chi connectivity index (χ4v) is 2.85. The van der Waals surface area contributed by atoms with E-state index in [0.29, 0.717) is 28.7 Å². The van der Waals surface area contributed by atoms with Gasteiger partial charge in [-0.15, -0.1) is 0 Å². The zero-order chi connectivity index (χ0) is 18.5. The topological polar surface area (TPSA) is 77.7 Å². The van der Waals surface area contributed by atoms with Crippen LogP contribution in [0.5, 0.6) is 5.75 Å². The third kappa shape index (κ3) is 3.95. The molecular formula is C19H17ClN4O2. The molecule has 3 rings (SSSR count). The molecule has 0 fully saturated rings. The summed E-state index contributed by atoms with van der Waals surface area (Å²) in [7, 11) is 1.58. The van der Waals surface area contributed by atoms with Crippen molar-refractivity contribution in [3.63, 3.8) is 0 Å². The predicted molar refractivity (Wildman–Crippen MR) is 100 cm³/mol. The number of carbonyl (C=O) groups is 1. The Morgan fingerprint density at radius 1 is 1.31 bits per heavy atom. The van der Waals surface area contributed by atoms with Gasteiger partial charge in [0, 0.05) is 23.0 Å². The van der Waals surface area contributed by atoms with Crippen LogP contribution in [0, 0.1) is 17.2 Å². The second-order valence-electron chi connectivity index (χ2n) is 5.79. The van der Waals surface area contributed by atoms with Crippen molar-refractivity contribution in [1.82, 2.24) is 5.01 Å². The second-order valence-corrected chi connectivity index (χ2v) is 6.23. The maximum Gasteiger partial charge on any atom is 0.342 e. The van der Waals surface area contributed by atoms with Gasteiger partial charge in [0.2, 0.25) is 0 Å². The Labute approximate surface area is 156 Å². The van der Waals surface area contributed by atoms with Crippen LogP contribution in [0.3, 0.4) is 0 Å². The molecule has 2 amide bonds. The lowest BCUT2D eigenvalue weighted by atomic mass is 9.95. The van der Waals surface area contributed by atoms with Gasteiger partial charge in [-0.05, 0) is 42.0 Å². The highest BCUT2D eigenvalue weighted by molar-refractivity contribution is 6.30. The van der Waals surface area contributed by atoms with Gasteiger partial charge in [0.05, 0.1) is 25.4 Å². The summed E-state index contributed by atoms with van der Waals surface area (Å²) in [6.45, 7) is 0.355. The number of halogens is 1. The van der Waals surface area contributed by atoms with Crippen LogP contribution in [-0.4, -0.2) is 30.4 Å². The number of nitrogens with zero attached hydrogens (tertiary/aromatic N) is 3. The molecule has 0 spiro atoms. The van der Waals surface area contributed by atoms with Gasteiger partial charge in [-0.25, -0.2) is 9.80 Å². The Morgan fingerprint density at radius 3 is 2.62 bits per heavy atom. The molecule has 0 aromatic heterocycles. The van der Waals surface area contributed by atoms with E-state index in [1.807, 2.05) is 12.1 Å². The standard InChI is InChI=1S/C19H17ClN4O2/c1-26-17-8-6-16(7-9-17)22-19(25)24-12-14(10-11-21)18(23-24)13-2-4-15(20)5-3-13/h2-9,14H,10,12H2,1H3,(H,22,25). The summed E-state index contributed by atoms with van der Waals surface area (Å²) in [6, 6.07) is 16.1. The first-order valence-corrected chi connectivity index (χ1v) is 8.42. The van der Waals surface area contributed by atoms with Crippen molar-refractivity contribution in [2.24, 2.45) is 11.0 Å². The number of nitrogens with one attached hydrogen (secondary N) is 1. The van der Waals surface area contributed by atoms with Gasteiger partial charge >= 0.3 is 6.03 Å². The van der Waals surface area contributed by atoms with E-state index in [1.54, 1.807) is 43.5 Å². The van der Waals surface area contributed by atoms with Gasteiger partial charge < -0.3 is 10.1 Å². The average Bonchev–Trinajstić information content (AvgIpc) is 3.07. The zero-order valence-electron chi connectivity index (χ0n) is 14.1. The number of rotatable bonds is 4. The highest BCUT2D eigenvalue weighted by Crippen LogP contribution is 2.24. The highest BCUT2D eigenvalue weighted by Gasteiger charge is 2.31. The Kier molecular flexibility index (Phi) is 5.40. The largest absolute Gasteiger partial charge is 0.497 e. The van der Waals surface area contributed by atoms with E-state index in [9.17, 15) is 4.79 Å². The molecule has 0 bridgehead atoms. The summed E-state index contributed by atoms with van der Waals surface area (Å²) in [5.74, 6) is 0.573. The van der Waals surface area contributed by atoms with Gasteiger partial charge in [-0.3, -0.25) is 0 Å². The number of amides is 2. The molecule has 0 saturated carbocycles. The number of carbonyl (C=O) groups excluding carboxylic acids is 1. The molecule has 0 aliphatic carbocycles. The van der Waals surface area contributed by atoms with Crippen LogP contribution in [0.2, 0.25) is 5.02 Å². The summed E-state index contributed by atoms with van der Waals surface area (Å²) >= 11 is 5.93. The maximum atomic E-state index is 12.5. The molecule has 1 aliphatic rings. The van der Waals surface area contributed by atoms with Crippen LogP contribution in [0.25, 0.3) is 0 Å². The third-order valence-corrected chi connectivity index (χ3v) is 4.31. The van der Waals surface area contributed by atoms with E-state index in [2.05, 4.69) is 16.5 Å². The molecule has 1 N–H and O–H groups in total. The van der Waals surface area contributed by atoms with Crippen LogP contribution in [-0.2, 0) is 0 Å². The zero-order valence-corrected chi connectivity index (χ0v) is 14.9. The number of hydrogen-bond donors (Lipinski definition) is 1. The highest BCUT2D eigenvalue weighted by atomic mass is 35.5. The van der Waals surface area contributed by atoms with Crippen molar-refractivity contribution in [2.45, 2.75) is 6.42 Å². The minimum atomic E-state index is -0.345. The van der Waals surface area contributed by atoms with E-state index in [-0.39, 0.29) is 18.4 Å². The quantitative estimate of drug-likeness (QED) is 0.881. The lowest BCUT2D eigenvalue weighted by Gasteiger charge is -2.14. The molecule has 1 atom stereocenters. The van der Waals surface area contributed by atoms with Crippen LogP contribution in [0.4, 0.5) is 10.5 Å². The van der Waals surface area contributed by atoms with Gasteiger partial charge in [0.15, 0.2) is 0 Å². The number of hydrogen-bond acceptors (Lipinski definition) is 4. The number of nitriles is 1. The molecule has 0 saturated heterocycles. The lowest BCUT2D eigenvalue weighted by molar-refractivity contribution is 0.216. The maximum absolute atomic E-state index is 12.5. The second kappa shape index (κ2) is 7.89. The van der Waals surface area contributed by atoms with Crippen LogP contribution >= 0.6 is 11.6 Å². The molecule has 7 heteroatoms. The van der Waals surface area contributed by atoms with Crippen molar-refractivity contribution in [2.75, 3.05) is 19.0 Å². The van der Waals surface area contributed by atoms with Crippen molar-refractivity contribution in [3.8, 4) is 11.8 Å². The Morgan fingerprint density at radius 2 is 2.00 bits per heavy atom. The summed E-state index contributed by atoms with van der Waals surface area (Å²) < 4.78 is 5.10. The molecule has 2 aromatic carbocycles. The average molecular weight is 369 g/mol. The van der Waals surface area contributed by atoms with Crippen LogP contribution < -0.4 is 10.1 Å². The normalized spacial score (nSPS) is 16.0. The van der Waals surface area contributed by atoms with E-state index < -0.39 is 0 Å². The number of methoxy groups -OCH3 is 1. The van der Waals surface area contributed by atoms with E-state index >= 15 is 0 Å². The lowest BCUT2D eigenvalue weighted by Crippen LogP contribution is -2.30. The van der Waals surface area contributed by atoms with Crippen molar-refractivity contribution >= 4 is 29.0 Å². The number of benzene rings is 2. The summed E-state index contributed by atoms with van der Waals surface area (Å²) in [5.41, 5.74) is 2.21. The third-order valence-electron chi connectivity index (χ3n) is 4.06. The first-order chi connectivity index (χ1) is 12.6. The van der Waals surface area contributed by atoms with Gasteiger partial charge in [-0.2, -0.15) is 10.4 Å². The van der Waals surface area contributed by atoms with Crippen molar-refractivity contribution in [1.29, 1.82) is 5.26 Å². The molecule has 1 heterocycles. The monoisotopic (exact) mass is 368 g/mol. The molecule has 2 aromatic rings. The first kappa shape index (κ1) is 17.8. The minimum Gasteiger partial charge on any atom is -0.497 e. The number of urea groups is 1. The smallest absolute Gasteiger partial charge is 0.342 e. The SMILES string of the molecule is COc1ccc(NC(=O)N2CC(CC#N)C(c3ccc(Cl)cc3)=N2)cc1. The number of ether oxygens (including phenoxy) is 1. The molecule has 0 radical (unpaired) electrons.